The van der Waals surface area contributed by atoms with Gasteiger partial charge in [0.1, 0.15) is 17.3 Å². The van der Waals surface area contributed by atoms with E-state index in [9.17, 15) is 9.90 Å². The Bertz CT molecular complexity index is 937. The monoisotopic (exact) mass is 438 g/mol. The predicted molar refractivity (Wildman–Crippen MR) is 136 cm³/mol. The SMILES string of the molecule is CC.CC.CC.CCc1c(-c2ccc(C(=O)NC)nc2)cnc(N)c1-c1ccc(O)cc1. The van der Waals surface area contributed by atoms with E-state index in [1.807, 2.05) is 59.7 Å². The van der Waals surface area contributed by atoms with Crippen LogP contribution in [0.15, 0.2) is 48.8 Å². The van der Waals surface area contributed by atoms with Crippen molar-refractivity contribution in [2.24, 2.45) is 0 Å². The summed E-state index contributed by atoms with van der Waals surface area (Å²) in [5.74, 6) is 0.405. The maximum absolute atomic E-state index is 11.7. The van der Waals surface area contributed by atoms with Crippen molar-refractivity contribution in [1.29, 1.82) is 0 Å². The lowest BCUT2D eigenvalue weighted by molar-refractivity contribution is 0.0958. The molecule has 2 heterocycles. The Balaban J connectivity index is 0.00000148. The lowest BCUT2D eigenvalue weighted by Gasteiger charge is -2.16. The minimum absolute atomic E-state index is 0.198. The van der Waals surface area contributed by atoms with Gasteiger partial charge in [-0.15, -0.1) is 0 Å². The van der Waals surface area contributed by atoms with E-state index in [2.05, 4.69) is 22.2 Å². The lowest BCUT2D eigenvalue weighted by Crippen LogP contribution is -2.18. The highest BCUT2D eigenvalue weighted by molar-refractivity contribution is 5.92. The van der Waals surface area contributed by atoms with Crippen molar-refractivity contribution >= 4 is 11.7 Å². The molecular weight excluding hydrogens is 400 g/mol. The standard InChI is InChI=1S/C20H20N4O2.3C2H6/c1-3-15-16(13-6-9-17(23-10-13)20(26)22-2)11-24-19(21)18(15)12-4-7-14(25)8-5-12;3*1-2/h4-11,25H,3H2,1-2H3,(H2,21,24)(H,22,26);3*1-2H3. The Morgan fingerprint density at radius 1 is 0.906 bits per heavy atom. The van der Waals surface area contributed by atoms with Gasteiger partial charge in [-0.3, -0.25) is 9.78 Å². The Morgan fingerprint density at radius 2 is 1.47 bits per heavy atom. The van der Waals surface area contributed by atoms with Gasteiger partial charge in [0, 0.05) is 36.1 Å². The summed E-state index contributed by atoms with van der Waals surface area (Å²) in [4.78, 5) is 20.3. The van der Waals surface area contributed by atoms with Crippen molar-refractivity contribution in [3.05, 3.63) is 60.0 Å². The number of aromatic nitrogens is 2. The molecule has 3 rings (SSSR count). The number of hydrogen-bond donors (Lipinski definition) is 3. The number of phenols is 1. The summed E-state index contributed by atoms with van der Waals surface area (Å²) in [5, 5.41) is 12.1. The molecule has 1 aromatic carbocycles. The summed E-state index contributed by atoms with van der Waals surface area (Å²) in [6.07, 6.45) is 4.14. The van der Waals surface area contributed by atoms with Crippen molar-refractivity contribution in [2.75, 3.05) is 12.8 Å². The average Bonchev–Trinajstić information content (AvgIpc) is 2.87. The van der Waals surface area contributed by atoms with Crippen LogP contribution in [0.25, 0.3) is 22.3 Å². The van der Waals surface area contributed by atoms with Crippen LogP contribution in [0.4, 0.5) is 5.82 Å². The third-order valence-electron chi connectivity index (χ3n) is 4.26. The van der Waals surface area contributed by atoms with Gasteiger partial charge >= 0.3 is 0 Å². The first-order valence-corrected chi connectivity index (χ1v) is 11.3. The average molecular weight is 439 g/mol. The smallest absolute Gasteiger partial charge is 0.269 e. The molecule has 32 heavy (non-hydrogen) atoms. The van der Waals surface area contributed by atoms with Crippen molar-refractivity contribution in [1.82, 2.24) is 15.3 Å². The second-order valence-corrected chi connectivity index (χ2v) is 5.82. The largest absolute Gasteiger partial charge is 0.508 e. The first kappa shape index (κ1) is 28.6. The van der Waals surface area contributed by atoms with E-state index in [4.69, 9.17) is 5.73 Å². The fourth-order valence-corrected chi connectivity index (χ4v) is 2.95. The minimum Gasteiger partial charge on any atom is -0.508 e. The molecule has 0 bridgehead atoms. The molecule has 6 heteroatoms. The summed E-state index contributed by atoms with van der Waals surface area (Å²) < 4.78 is 0. The molecule has 4 N–H and O–H groups in total. The Kier molecular flexibility index (Phi) is 13.8. The molecule has 0 saturated heterocycles. The Morgan fingerprint density at radius 3 is 1.94 bits per heavy atom. The van der Waals surface area contributed by atoms with Crippen molar-refractivity contribution in [2.45, 2.75) is 54.9 Å². The van der Waals surface area contributed by atoms with E-state index < -0.39 is 0 Å². The zero-order chi connectivity index (χ0) is 24.7. The first-order valence-electron chi connectivity index (χ1n) is 11.3. The van der Waals surface area contributed by atoms with Crippen molar-refractivity contribution < 1.29 is 9.90 Å². The molecule has 0 radical (unpaired) electrons. The maximum Gasteiger partial charge on any atom is 0.269 e. The normalized spacial score (nSPS) is 9.12. The third kappa shape index (κ3) is 7.08. The summed E-state index contributed by atoms with van der Waals surface area (Å²) in [5.41, 5.74) is 11.1. The molecule has 0 atom stereocenters. The molecule has 0 aliphatic rings. The maximum atomic E-state index is 11.7. The van der Waals surface area contributed by atoms with Crippen molar-refractivity contribution in [3.63, 3.8) is 0 Å². The Labute approximate surface area is 192 Å². The topological polar surface area (TPSA) is 101 Å². The highest BCUT2D eigenvalue weighted by atomic mass is 16.3. The van der Waals surface area contributed by atoms with E-state index in [1.54, 1.807) is 37.6 Å². The van der Waals surface area contributed by atoms with Crippen LogP contribution >= 0.6 is 0 Å². The quantitative estimate of drug-likeness (QED) is 0.457. The van der Waals surface area contributed by atoms with Crippen LogP contribution < -0.4 is 11.1 Å². The molecule has 0 aliphatic carbocycles. The van der Waals surface area contributed by atoms with E-state index in [-0.39, 0.29) is 11.7 Å². The molecule has 0 fully saturated rings. The number of aromatic hydroxyl groups is 1. The minimum atomic E-state index is -0.229. The van der Waals surface area contributed by atoms with Crippen molar-refractivity contribution in [3.8, 4) is 28.0 Å². The molecule has 6 nitrogen and oxygen atoms in total. The van der Waals surface area contributed by atoms with Gasteiger partial charge in [0.15, 0.2) is 0 Å². The van der Waals surface area contributed by atoms with Gasteiger partial charge in [-0.1, -0.05) is 66.7 Å². The second kappa shape index (κ2) is 15.4. The van der Waals surface area contributed by atoms with Gasteiger partial charge in [-0.25, -0.2) is 4.98 Å². The van der Waals surface area contributed by atoms with E-state index in [0.29, 0.717) is 11.5 Å². The highest BCUT2D eigenvalue weighted by Gasteiger charge is 2.16. The highest BCUT2D eigenvalue weighted by Crippen LogP contribution is 2.36. The van der Waals surface area contributed by atoms with Crippen LogP contribution in [0.1, 0.15) is 64.5 Å². The number of carbonyl (C=O) groups excluding carboxylic acids is 1. The van der Waals surface area contributed by atoms with E-state index >= 15 is 0 Å². The molecular formula is C26H38N4O2. The van der Waals surface area contributed by atoms with Crippen LogP contribution in [0.2, 0.25) is 0 Å². The number of pyridine rings is 2. The van der Waals surface area contributed by atoms with Gasteiger partial charge in [0.05, 0.1) is 0 Å². The van der Waals surface area contributed by atoms with Crippen LogP contribution in [-0.2, 0) is 6.42 Å². The van der Waals surface area contributed by atoms with Crippen LogP contribution in [0.5, 0.6) is 5.75 Å². The van der Waals surface area contributed by atoms with Crippen LogP contribution in [0, 0.1) is 0 Å². The molecule has 174 valence electrons. The summed E-state index contributed by atoms with van der Waals surface area (Å²) in [7, 11) is 1.57. The van der Waals surface area contributed by atoms with E-state index in [0.717, 1.165) is 34.2 Å². The second-order valence-electron chi connectivity index (χ2n) is 5.82. The number of nitrogens with two attached hydrogens (primary N) is 1. The lowest BCUT2D eigenvalue weighted by atomic mass is 9.92. The van der Waals surface area contributed by atoms with Crippen LogP contribution in [0.3, 0.4) is 0 Å². The molecule has 0 unspecified atom stereocenters. The molecule has 2 aromatic heterocycles. The fourth-order valence-electron chi connectivity index (χ4n) is 2.95. The van der Waals surface area contributed by atoms with Crippen LogP contribution in [-0.4, -0.2) is 28.0 Å². The zero-order valence-electron chi connectivity index (χ0n) is 20.7. The first-order chi connectivity index (χ1) is 15.5. The van der Waals surface area contributed by atoms with Gasteiger partial charge in [0.2, 0.25) is 0 Å². The van der Waals surface area contributed by atoms with E-state index in [1.165, 1.54) is 0 Å². The molecule has 0 saturated carbocycles. The number of rotatable bonds is 4. The number of carbonyl (C=O) groups is 1. The molecule has 0 aliphatic heterocycles. The van der Waals surface area contributed by atoms with Gasteiger partial charge in [-0.2, -0.15) is 0 Å². The molecule has 3 aromatic rings. The fraction of sp³-hybridized carbons (Fsp3) is 0.346. The number of nitrogens with zero attached hydrogens (tertiary/aromatic N) is 2. The van der Waals surface area contributed by atoms with Gasteiger partial charge in [0.25, 0.3) is 5.91 Å². The predicted octanol–water partition coefficient (Wildman–Crippen LogP) is 6.10. The number of hydrogen-bond acceptors (Lipinski definition) is 5. The molecule has 1 amide bonds. The molecule has 0 spiro atoms. The third-order valence-corrected chi connectivity index (χ3v) is 4.26. The number of nitrogen functional groups attached to an aromatic ring is 1. The van der Waals surface area contributed by atoms with Gasteiger partial charge in [-0.05, 0) is 35.7 Å². The number of amides is 1. The summed E-state index contributed by atoms with van der Waals surface area (Å²) >= 11 is 0. The number of nitrogens with one attached hydrogen (secondary N) is 1. The number of phenolic OH excluding ortho intramolecular Hbond substituents is 1. The number of benzene rings is 1. The van der Waals surface area contributed by atoms with Gasteiger partial charge < -0.3 is 16.2 Å². The summed E-state index contributed by atoms with van der Waals surface area (Å²) in [6, 6.07) is 10.4. The zero-order valence-corrected chi connectivity index (χ0v) is 20.7. The number of anilines is 1. The summed E-state index contributed by atoms with van der Waals surface area (Å²) in [6.45, 7) is 14.1. The Hall–Kier alpha value is -3.41.